The van der Waals surface area contributed by atoms with E-state index in [1.807, 2.05) is 14.1 Å². The monoisotopic (exact) mass is 376 g/mol. The molecule has 0 saturated carbocycles. The number of nitrogens with two attached hydrogens (primary N) is 1. The fraction of sp³-hybridized carbons (Fsp3) is 0.944. The summed E-state index contributed by atoms with van der Waals surface area (Å²) < 4.78 is 17.4. The first-order chi connectivity index (χ1) is 12.6. The van der Waals surface area contributed by atoms with Crippen LogP contribution >= 0.6 is 0 Å². The van der Waals surface area contributed by atoms with Crippen molar-refractivity contribution in [3.63, 3.8) is 0 Å². The van der Waals surface area contributed by atoms with Gasteiger partial charge in [0, 0.05) is 19.8 Å². The van der Waals surface area contributed by atoms with E-state index in [4.69, 9.17) is 19.9 Å². The van der Waals surface area contributed by atoms with E-state index >= 15 is 0 Å². The van der Waals surface area contributed by atoms with Crippen molar-refractivity contribution in [2.24, 2.45) is 5.73 Å². The van der Waals surface area contributed by atoms with Gasteiger partial charge in [0.1, 0.15) is 5.54 Å². The molecule has 8 nitrogen and oxygen atoms in total. The predicted molar refractivity (Wildman–Crippen MR) is 105 cm³/mol. The van der Waals surface area contributed by atoms with Crippen LogP contribution in [0.4, 0.5) is 4.79 Å². The second-order valence-corrected chi connectivity index (χ2v) is 6.55. The number of amides is 2. The van der Waals surface area contributed by atoms with E-state index in [0.717, 1.165) is 45.2 Å². The lowest BCUT2D eigenvalue weighted by Gasteiger charge is -2.33. The minimum atomic E-state index is -0.767. The van der Waals surface area contributed by atoms with Gasteiger partial charge in [-0.25, -0.2) is 4.79 Å². The topological polar surface area (TPSA) is 107 Å². The molecule has 0 spiro atoms. The van der Waals surface area contributed by atoms with Crippen molar-refractivity contribution in [2.45, 2.75) is 44.6 Å². The van der Waals surface area contributed by atoms with Crippen LogP contribution in [-0.2, 0) is 14.2 Å². The van der Waals surface area contributed by atoms with Crippen LogP contribution in [0.5, 0.6) is 0 Å². The molecule has 0 aliphatic rings. The highest BCUT2D eigenvalue weighted by Crippen LogP contribution is 2.10. The van der Waals surface area contributed by atoms with Crippen molar-refractivity contribution < 1.29 is 19.0 Å². The van der Waals surface area contributed by atoms with Crippen LogP contribution in [0.3, 0.4) is 0 Å². The Hall–Kier alpha value is -0.930. The molecule has 0 bridgehead atoms. The average molecular weight is 377 g/mol. The molecule has 0 fully saturated rings. The summed E-state index contributed by atoms with van der Waals surface area (Å²) in [4.78, 5) is 11.5. The first-order valence-electron chi connectivity index (χ1n) is 9.70. The van der Waals surface area contributed by atoms with Gasteiger partial charge in [0.2, 0.25) is 0 Å². The molecule has 0 aliphatic carbocycles. The Balaban J connectivity index is 4.61. The number of carbonyl (C=O) groups is 1. The normalized spacial score (nSPS) is 11.7. The number of hydrogen-bond donors (Lipinski definition) is 4. The molecule has 5 N–H and O–H groups in total. The van der Waals surface area contributed by atoms with Crippen molar-refractivity contribution in [2.75, 3.05) is 66.8 Å². The van der Waals surface area contributed by atoms with Crippen molar-refractivity contribution in [1.82, 2.24) is 16.0 Å². The van der Waals surface area contributed by atoms with Crippen LogP contribution in [0.15, 0.2) is 0 Å². The summed E-state index contributed by atoms with van der Waals surface area (Å²) in [7, 11) is 3.81. The highest BCUT2D eigenvalue weighted by Gasteiger charge is 2.33. The second-order valence-electron chi connectivity index (χ2n) is 6.55. The van der Waals surface area contributed by atoms with Gasteiger partial charge in [-0.3, -0.25) is 0 Å². The Kier molecular flexibility index (Phi) is 16.9. The van der Waals surface area contributed by atoms with Crippen LogP contribution in [0.2, 0.25) is 0 Å². The van der Waals surface area contributed by atoms with E-state index in [9.17, 15) is 4.79 Å². The fourth-order valence-corrected chi connectivity index (χ4v) is 2.45. The Labute approximate surface area is 158 Å². The van der Waals surface area contributed by atoms with Crippen molar-refractivity contribution >= 4 is 6.03 Å². The molecule has 0 aromatic heterocycles. The van der Waals surface area contributed by atoms with Crippen molar-refractivity contribution in [1.29, 1.82) is 0 Å². The maximum absolute atomic E-state index is 11.5. The first-order valence-corrected chi connectivity index (χ1v) is 9.70. The molecule has 156 valence electrons. The number of primary amides is 1. The van der Waals surface area contributed by atoms with Crippen molar-refractivity contribution in [3.8, 4) is 0 Å². The van der Waals surface area contributed by atoms with E-state index in [1.165, 1.54) is 0 Å². The average Bonchev–Trinajstić information content (AvgIpc) is 2.60. The lowest BCUT2D eigenvalue weighted by molar-refractivity contribution is -0.0352. The lowest BCUT2D eigenvalue weighted by atomic mass is 10.0. The molecule has 0 aromatic rings. The Morgan fingerprint density at radius 1 is 0.846 bits per heavy atom. The number of urea groups is 1. The standard InChI is InChI=1S/C18H40N4O4/c1-4-5-6-11-24-14-18(22-17(19)23,15-25-12-7-9-20-2)16-26-13-8-10-21-3/h20-21H,4-16H2,1-3H3,(H3,19,22,23). The van der Waals surface area contributed by atoms with Gasteiger partial charge >= 0.3 is 6.03 Å². The summed E-state index contributed by atoms with van der Waals surface area (Å²) in [6, 6.07) is -0.597. The van der Waals surface area contributed by atoms with Gasteiger partial charge in [-0.05, 0) is 46.4 Å². The highest BCUT2D eigenvalue weighted by atomic mass is 16.5. The van der Waals surface area contributed by atoms with Gasteiger partial charge in [0.25, 0.3) is 0 Å². The third-order valence-corrected chi connectivity index (χ3v) is 3.85. The Morgan fingerprint density at radius 3 is 1.69 bits per heavy atom. The van der Waals surface area contributed by atoms with E-state index in [1.54, 1.807) is 0 Å². The fourth-order valence-electron chi connectivity index (χ4n) is 2.45. The summed E-state index contributed by atoms with van der Waals surface area (Å²) in [6.45, 7) is 6.68. The quantitative estimate of drug-likeness (QED) is 0.249. The van der Waals surface area contributed by atoms with Crippen LogP contribution < -0.4 is 21.7 Å². The zero-order chi connectivity index (χ0) is 19.5. The number of hydrogen-bond acceptors (Lipinski definition) is 6. The molecule has 0 unspecified atom stereocenters. The van der Waals surface area contributed by atoms with E-state index in [0.29, 0.717) is 39.6 Å². The first kappa shape index (κ1) is 25.1. The molecular weight excluding hydrogens is 336 g/mol. The third kappa shape index (κ3) is 14.3. The second kappa shape index (κ2) is 17.5. The SMILES string of the molecule is CCCCCOCC(COCCCNC)(COCCCNC)NC(N)=O. The van der Waals surface area contributed by atoms with E-state index < -0.39 is 11.6 Å². The van der Waals surface area contributed by atoms with Gasteiger partial charge in [-0.15, -0.1) is 0 Å². The van der Waals surface area contributed by atoms with Crippen LogP contribution in [0.25, 0.3) is 0 Å². The van der Waals surface area contributed by atoms with E-state index in [-0.39, 0.29) is 0 Å². The maximum atomic E-state index is 11.5. The molecule has 0 aliphatic heterocycles. The highest BCUT2D eigenvalue weighted by molar-refractivity contribution is 5.72. The van der Waals surface area contributed by atoms with Gasteiger partial charge in [-0.1, -0.05) is 19.8 Å². The van der Waals surface area contributed by atoms with Crippen LogP contribution in [-0.4, -0.2) is 78.4 Å². The van der Waals surface area contributed by atoms with Gasteiger partial charge in [-0.2, -0.15) is 0 Å². The molecule has 0 radical (unpaired) electrons. The minimum Gasteiger partial charge on any atom is -0.379 e. The number of nitrogens with one attached hydrogen (secondary N) is 3. The molecule has 0 aromatic carbocycles. The summed E-state index contributed by atoms with van der Waals surface area (Å²) >= 11 is 0. The Bertz CT molecular complexity index is 296. The summed E-state index contributed by atoms with van der Waals surface area (Å²) in [6.07, 6.45) is 5.04. The zero-order valence-corrected chi connectivity index (χ0v) is 16.9. The number of ether oxygens (including phenoxy) is 3. The largest absolute Gasteiger partial charge is 0.379 e. The molecule has 0 atom stereocenters. The van der Waals surface area contributed by atoms with Crippen LogP contribution in [0, 0.1) is 0 Å². The van der Waals surface area contributed by atoms with E-state index in [2.05, 4.69) is 22.9 Å². The smallest absolute Gasteiger partial charge is 0.312 e. The molecule has 8 heteroatoms. The predicted octanol–water partition coefficient (Wildman–Crippen LogP) is 0.853. The summed E-state index contributed by atoms with van der Waals surface area (Å²) in [5, 5.41) is 8.96. The number of unbranched alkanes of at least 4 members (excludes halogenated alkanes) is 2. The Morgan fingerprint density at radius 2 is 1.31 bits per heavy atom. The van der Waals surface area contributed by atoms with Crippen LogP contribution in [0.1, 0.15) is 39.0 Å². The van der Waals surface area contributed by atoms with Crippen molar-refractivity contribution in [3.05, 3.63) is 0 Å². The number of rotatable bonds is 19. The molecule has 26 heavy (non-hydrogen) atoms. The molecule has 2 amide bonds. The molecule has 0 saturated heterocycles. The molecule has 0 rings (SSSR count). The maximum Gasteiger partial charge on any atom is 0.312 e. The zero-order valence-electron chi connectivity index (χ0n) is 16.9. The molecular formula is C18H40N4O4. The lowest BCUT2D eigenvalue weighted by Crippen LogP contribution is -2.60. The van der Waals surface area contributed by atoms with Gasteiger partial charge in [0.15, 0.2) is 0 Å². The summed E-state index contributed by atoms with van der Waals surface area (Å²) in [5.74, 6) is 0. The summed E-state index contributed by atoms with van der Waals surface area (Å²) in [5.41, 5.74) is 4.63. The third-order valence-electron chi connectivity index (χ3n) is 3.85. The van der Waals surface area contributed by atoms with Gasteiger partial charge < -0.3 is 35.9 Å². The molecule has 0 heterocycles. The van der Waals surface area contributed by atoms with Gasteiger partial charge in [0.05, 0.1) is 19.8 Å². The minimum absolute atomic E-state index is 0.305. The number of carbonyl (C=O) groups excluding carboxylic acids is 1.